The minimum absolute atomic E-state index is 0.00275. The maximum atomic E-state index is 10.4. The first-order valence-electron chi connectivity index (χ1n) is 5.02. The van der Waals surface area contributed by atoms with Crippen LogP contribution in [0.15, 0.2) is 24.3 Å². The summed E-state index contributed by atoms with van der Waals surface area (Å²) in [4.78, 5) is 0. The molecule has 0 fully saturated rings. The van der Waals surface area contributed by atoms with Crippen molar-refractivity contribution in [1.82, 2.24) is 0 Å². The van der Waals surface area contributed by atoms with E-state index in [4.69, 9.17) is 0 Å². The maximum absolute atomic E-state index is 10.4. The van der Waals surface area contributed by atoms with E-state index >= 15 is 0 Å². The van der Waals surface area contributed by atoms with E-state index in [9.17, 15) is 5.11 Å². The van der Waals surface area contributed by atoms with E-state index in [0.717, 1.165) is 6.42 Å². The molecule has 1 aromatic rings. The lowest BCUT2D eigenvalue weighted by atomic mass is 10.0. The Hall–Kier alpha value is -0.820. The quantitative estimate of drug-likeness (QED) is 0.659. The average Bonchev–Trinajstić information content (AvgIpc) is 2.16. The highest BCUT2D eigenvalue weighted by Gasteiger charge is 1.95. The smallest absolute Gasteiger partial charge is 0.0862 e. The SMILES string of the molecule is CCCCc1cccc(CC[O])c1. The van der Waals surface area contributed by atoms with Crippen LogP contribution in [-0.4, -0.2) is 6.61 Å². The van der Waals surface area contributed by atoms with Crippen molar-refractivity contribution in [1.29, 1.82) is 0 Å². The molecule has 0 atom stereocenters. The Labute approximate surface area is 80.4 Å². The zero-order chi connectivity index (χ0) is 9.52. The van der Waals surface area contributed by atoms with Gasteiger partial charge in [0.1, 0.15) is 0 Å². The highest BCUT2D eigenvalue weighted by molar-refractivity contribution is 5.23. The van der Waals surface area contributed by atoms with Crippen molar-refractivity contribution in [3.05, 3.63) is 35.4 Å². The van der Waals surface area contributed by atoms with Crippen LogP contribution in [0.25, 0.3) is 0 Å². The molecule has 0 aromatic heterocycles. The molecule has 0 unspecified atom stereocenters. The van der Waals surface area contributed by atoms with Crippen LogP contribution in [0.3, 0.4) is 0 Å². The number of hydrogen-bond donors (Lipinski definition) is 0. The van der Waals surface area contributed by atoms with Crippen LogP contribution in [-0.2, 0) is 17.9 Å². The molecule has 0 bridgehead atoms. The molecule has 71 valence electrons. The van der Waals surface area contributed by atoms with Gasteiger partial charge < -0.3 is 0 Å². The fourth-order valence-corrected chi connectivity index (χ4v) is 1.44. The molecule has 1 rings (SSSR count). The summed E-state index contributed by atoms with van der Waals surface area (Å²) in [7, 11) is 0. The van der Waals surface area contributed by atoms with Crippen molar-refractivity contribution in [2.75, 3.05) is 6.61 Å². The first-order chi connectivity index (χ1) is 6.36. The van der Waals surface area contributed by atoms with Gasteiger partial charge in [-0.25, -0.2) is 5.11 Å². The van der Waals surface area contributed by atoms with E-state index < -0.39 is 0 Å². The van der Waals surface area contributed by atoms with Gasteiger partial charge >= 0.3 is 0 Å². The molecule has 1 radical (unpaired) electrons. The van der Waals surface area contributed by atoms with Gasteiger partial charge in [-0.15, -0.1) is 0 Å². The summed E-state index contributed by atoms with van der Waals surface area (Å²) in [6, 6.07) is 8.39. The largest absolute Gasteiger partial charge is 0.236 e. The molecule has 1 nitrogen and oxygen atoms in total. The first kappa shape index (κ1) is 10.3. The molecular formula is C12H17O. The Kier molecular flexibility index (Phi) is 4.55. The van der Waals surface area contributed by atoms with Gasteiger partial charge in [-0.2, -0.15) is 0 Å². The molecule has 0 spiro atoms. The van der Waals surface area contributed by atoms with Crippen LogP contribution in [0.4, 0.5) is 0 Å². The Morgan fingerprint density at radius 3 is 2.46 bits per heavy atom. The van der Waals surface area contributed by atoms with Crippen LogP contribution in [0.1, 0.15) is 30.9 Å². The van der Waals surface area contributed by atoms with Crippen molar-refractivity contribution < 1.29 is 5.11 Å². The van der Waals surface area contributed by atoms with Gasteiger partial charge in [0, 0.05) is 0 Å². The topological polar surface area (TPSA) is 19.9 Å². The second kappa shape index (κ2) is 5.76. The van der Waals surface area contributed by atoms with Crippen LogP contribution >= 0.6 is 0 Å². The van der Waals surface area contributed by atoms with Gasteiger partial charge in [0.05, 0.1) is 6.61 Å². The van der Waals surface area contributed by atoms with Crippen molar-refractivity contribution in [2.45, 2.75) is 32.6 Å². The van der Waals surface area contributed by atoms with Crippen LogP contribution in [0.2, 0.25) is 0 Å². The fraction of sp³-hybridized carbons (Fsp3) is 0.500. The fourth-order valence-electron chi connectivity index (χ4n) is 1.44. The standard InChI is InChI=1S/C12H17O/c1-2-3-5-11-6-4-7-12(10-11)8-9-13/h4,6-7,10H,2-3,5,8-9H2,1H3. The predicted molar refractivity (Wildman–Crippen MR) is 54.3 cm³/mol. The number of benzene rings is 1. The first-order valence-corrected chi connectivity index (χ1v) is 5.02. The highest BCUT2D eigenvalue weighted by atomic mass is 16.2. The lowest BCUT2D eigenvalue weighted by Crippen LogP contribution is -1.91. The van der Waals surface area contributed by atoms with Gasteiger partial charge in [0.2, 0.25) is 0 Å². The van der Waals surface area contributed by atoms with E-state index in [1.165, 1.54) is 24.0 Å². The number of hydrogen-bond acceptors (Lipinski definition) is 0. The van der Waals surface area contributed by atoms with Gasteiger partial charge in [-0.3, -0.25) is 0 Å². The summed E-state index contributed by atoms with van der Waals surface area (Å²) < 4.78 is 0. The summed E-state index contributed by atoms with van der Waals surface area (Å²) in [6.45, 7) is 2.19. The summed E-state index contributed by atoms with van der Waals surface area (Å²) in [5.41, 5.74) is 2.55. The molecule has 0 saturated carbocycles. The number of rotatable bonds is 5. The predicted octanol–water partition coefficient (Wildman–Crippen LogP) is 3.00. The van der Waals surface area contributed by atoms with Crippen LogP contribution in [0.5, 0.6) is 0 Å². The monoisotopic (exact) mass is 177 g/mol. The van der Waals surface area contributed by atoms with Crippen molar-refractivity contribution in [3.8, 4) is 0 Å². The molecule has 0 amide bonds. The second-order valence-electron chi connectivity index (χ2n) is 3.38. The van der Waals surface area contributed by atoms with Gasteiger partial charge in [0.25, 0.3) is 0 Å². The summed E-state index contributed by atoms with van der Waals surface area (Å²) >= 11 is 0. The number of aryl methyl sites for hydroxylation is 1. The lowest BCUT2D eigenvalue weighted by molar-refractivity contribution is 0.197. The average molecular weight is 177 g/mol. The van der Waals surface area contributed by atoms with E-state index in [2.05, 4.69) is 25.1 Å². The van der Waals surface area contributed by atoms with Gasteiger partial charge in [0.15, 0.2) is 0 Å². The minimum Gasteiger partial charge on any atom is -0.236 e. The third kappa shape index (κ3) is 3.60. The highest BCUT2D eigenvalue weighted by Crippen LogP contribution is 2.08. The zero-order valence-electron chi connectivity index (χ0n) is 8.25. The molecule has 1 heteroatoms. The lowest BCUT2D eigenvalue weighted by Gasteiger charge is -2.02. The van der Waals surface area contributed by atoms with Gasteiger partial charge in [-0.05, 0) is 30.4 Å². The molecule has 0 N–H and O–H groups in total. The molecule has 1 aromatic carbocycles. The van der Waals surface area contributed by atoms with Crippen molar-refractivity contribution in [3.63, 3.8) is 0 Å². The van der Waals surface area contributed by atoms with Crippen LogP contribution < -0.4 is 0 Å². The molecule has 0 aliphatic heterocycles. The molecule has 0 heterocycles. The van der Waals surface area contributed by atoms with E-state index in [1.807, 2.05) is 6.07 Å². The molecular weight excluding hydrogens is 160 g/mol. The molecule has 0 saturated heterocycles. The number of unbranched alkanes of at least 4 members (excludes halogenated alkanes) is 1. The van der Waals surface area contributed by atoms with E-state index in [0.29, 0.717) is 6.42 Å². The molecule has 0 aliphatic rings. The Balaban J connectivity index is 2.56. The summed E-state index contributed by atoms with van der Waals surface area (Å²) in [6.07, 6.45) is 4.27. The van der Waals surface area contributed by atoms with E-state index in [-0.39, 0.29) is 6.61 Å². The third-order valence-electron chi connectivity index (χ3n) is 2.20. The second-order valence-corrected chi connectivity index (χ2v) is 3.38. The maximum Gasteiger partial charge on any atom is 0.0862 e. The normalized spacial score (nSPS) is 10.3. The Bertz CT molecular complexity index is 243. The Morgan fingerprint density at radius 2 is 1.85 bits per heavy atom. The van der Waals surface area contributed by atoms with Crippen molar-refractivity contribution >= 4 is 0 Å². The van der Waals surface area contributed by atoms with E-state index in [1.54, 1.807) is 0 Å². The minimum atomic E-state index is -0.00275. The zero-order valence-corrected chi connectivity index (χ0v) is 8.25. The Morgan fingerprint density at radius 1 is 1.15 bits per heavy atom. The van der Waals surface area contributed by atoms with Crippen LogP contribution in [0, 0.1) is 0 Å². The van der Waals surface area contributed by atoms with Gasteiger partial charge in [-0.1, -0.05) is 37.6 Å². The summed E-state index contributed by atoms with van der Waals surface area (Å²) in [5.74, 6) is 0. The van der Waals surface area contributed by atoms with Crippen molar-refractivity contribution in [2.24, 2.45) is 0 Å². The third-order valence-corrected chi connectivity index (χ3v) is 2.20. The molecule has 0 aliphatic carbocycles. The molecule has 13 heavy (non-hydrogen) atoms. The summed E-state index contributed by atoms with van der Waals surface area (Å²) in [5, 5.41) is 10.4.